The van der Waals surface area contributed by atoms with Gasteiger partial charge in [-0.25, -0.2) is 13.2 Å². The monoisotopic (exact) mass is 455 g/mol. The molecule has 0 radical (unpaired) electrons. The lowest BCUT2D eigenvalue weighted by atomic mass is 9.90. The van der Waals surface area contributed by atoms with Crippen molar-refractivity contribution in [1.29, 1.82) is 0 Å². The number of hydrogen-bond acceptors (Lipinski definition) is 4. The minimum atomic E-state index is -4.70. The molecule has 31 heavy (non-hydrogen) atoms. The fourth-order valence-electron chi connectivity index (χ4n) is 3.34. The highest BCUT2D eigenvalue weighted by Gasteiger charge is 2.36. The Morgan fingerprint density at radius 3 is 2.10 bits per heavy atom. The second-order valence-corrected chi connectivity index (χ2v) is 10.7. The van der Waals surface area contributed by atoms with Crippen LogP contribution in [0, 0.1) is 0 Å². The van der Waals surface area contributed by atoms with Gasteiger partial charge in [-0.2, -0.15) is 13.2 Å². The van der Waals surface area contributed by atoms with Gasteiger partial charge in [0.1, 0.15) is 5.60 Å². The molecule has 0 aliphatic carbocycles. The first-order valence-electron chi connectivity index (χ1n) is 9.65. The van der Waals surface area contributed by atoms with E-state index in [1.807, 2.05) is 0 Å². The van der Waals surface area contributed by atoms with Gasteiger partial charge in [-0.05, 0) is 49.6 Å². The standard InChI is InChI=1S/C22H24F3NO4S/c1-21(2,3)30-20(27)26-12-16(13-26)14-5-7-15(8-6-14)18-10-9-17(31(4,28)29)11-19(18)22(23,24)25/h5-11,16H,12-13H2,1-4H3. The lowest BCUT2D eigenvalue weighted by Crippen LogP contribution is -2.50. The van der Waals surface area contributed by atoms with Gasteiger partial charge >= 0.3 is 12.3 Å². The normalized spacial score (nSPS) is 15.5. The van der Waals surface area contributed by atoms with Crippen LogP contribution in [-0.2, 0) is 20.8 Å². The van der Waals surface area contributed by atoms with Gasteiger partial charge in [-0.1, -0.05) is 30.3 Å². The van der Waals surface area contributed by atoms with Crippen LogP contribution in [0.25, 0.3) is 11.1 Å². The Hall–Kier alpha value is -2.55. The van der Waals surface area contributed by atoms with E-state index in [9.17, 15) is 26.4 Å². The van der Waals surface area contributed by atoms with E-state index < -0.39 is 27.2 Å². The lowest BCUT2D eigenvalue weighted by Gasteiger charge is -2.40. The van der Waals surface area contributed by atoms with Crippen LogP contribution in [0.4, 0.5) is 18.0 Å². The maximum absolute atomic E-state index is 13.6. The van der Waals surface area contributed by atoms with E-state index in [1.54, 1.807) is 49.9 Å². The van der Waals surface area contributed by atoms with Gasteiger partial charge < -0.3 is 9.64 Å². The molecule has 2 aromatic carbocycles. The number of ether oxygens (including phenoxy) is 1. The molecule has 1 aliphatic rings. The minimum absolute atomic E-state index is 0.0799. The van der Waals surface area contributed by atoms with Crippen LogP contribution in [-0.4, -0.2) is 44.4 Å². The van der Waals surface area contributed by atoms with Crippen molar-refractivity contribution in [3.63, 3.8) is 0 Å². The van der Waals surface area contributed by atoms with Gasteiger partial charge in [0, 0.05) is 25.3 Å². The van der Waals surface area contributed by atoms with Gasteiger partial charge in [0.25, 0.3) is 0 Å². The highest BCUT2D eigenvalue weighted by Crippen LogP contribution is 2.39. The number of carbonyl (C=O) groups excluding carboxylic acids is 1. The average molecular weight is 455 g/mol. The molecule has 0 unspecified atom stereocenters. The number of benzene rings is 2. The van der Waals surface area contributed by atoms with E-state index in [4.69, 9.17) is 4.74 Å². The van der Waals surface area contributed by atoms with Crippen molar-refractivity contribution in [2.24, 2.45) is 0 Å². The van der Waals surface area contributed by atoms with Crippen molar-refractivity contribution < 1.29 is 31.1 Å². The Bertz CT molecular complexity index is 1080. The average Bonchev–Trinajstić information content (AvgIpc) is 2.57. The number of sulfone groups is 1. The zero-order valence-corrected chi connectivity index (χ0v) is 18.5. The fraction of sp³-hybridized carbons (Fsp3) is 0.409. The Labute approximate surface area is 179 Å². The minimum Gasteiger partial charge on any atom is -0.444 e. The third kappa shape index (κ3) is 5.39. The molecule has 2 aromatic rings. The molecule has 1 amide bonds. The quantitative estimate of drug-likeness (QED) is 0.645. The van der Waals surface area contributed by atoms with Crippen molar-refractivity contribution in [3.8, 4) is 11.1 Å². The van der Waals surface area contributed by atoms with Crippen LogP contribution in [0.5, 0.6) is 0 Å². The Balaban J connectivity index is 1.79. The SMILES string of the molecule is CC(C)(C)OC(=O)N1CC(c2ccc(-c3ccc(S(C)(=O)=O)cc3C(F)(F)F)cc2)C1. The molecule has 5 nitrogen and oxygen atoms in total. The highest BCUT2D eigenvalue weighted by atomic mass is 32.2. The van der Waals surface area contributed by atoms with Crippen LogP contribution in [0.2, 0.25) is 0 Å². The van der Waals surface area contributed by atoms with Crippen molar-refractivity contribution in [3.05, 3.63) is 53.6 Å². The van der Waals surface area contributed by atoms with Crippen LogP contribution in [0.3, 0.4) is 0 Å². The number of hydrogen-bond donors (Lipinski definition) is 0. The number of nitrogens with zero attached hydrogens (tertiary/aromatic N) is 1. The molecule has 168 valence electrons. The molecule has 9 heteroatoms. The summed E-state index contributed by atoms with van der Waals surface area (Å²) in [6, 6.07) is 9.66. The summed E-state index contributed by atoms with van der Waals surface area (Å²) < 4.78 is 69.3. The Morgan fingerprint density at radius 2 is 1.61 bits per heavy atom. The van der Waals surface area contributed by atoms with Crippen molar-refractivity contribution >= 4 is 15.9 Å². The van der Waals surface area contributed by atoms with Crippen LogP contribution in [0.15, 0.2) is 47.4 Å². The van der Waals surface area contributed by atoms with Crippen LogP contribution in [0.1, 0.15) is 37.8 Å². The van der Waals surface area contributed by atoms with E-state index >= 15 is 0 Å². The van der Waals surface area contributed by atoms with Crippen LogP contribution < -0.4 is 0 Å². The van der Waals surface area contributed by atoms with E-state index in [1.165, 1.54) is 12.1 Å². The summed E-state index contributed by atoms with van der Waals surface area (Å²) in [6.45, 7) is 6.33. The summed E-state index contributed by atoms with van der Waals surface area (Å²) >= 11 is 0. The molecule has 0 aromatic heterocycles. The largest absolute Gasteiger partial charge is 0.444 e. The Kier molecular flexibility index (Phi) is 5.86. The maximum atomic E-state index is 13.6. The number of amides is 1. The third-order valence-electron chi connectivity index (χ3n) is 4.95. The summed E-state index contributed by atoms with van der Waals surface area (Å²) in [5.41, 5.74) is -0.421. The van der Waals surface area contributed by atoms with Gasteiger partial charge in [-0.3, -0.25) is 0 Å². The molecule has 1 aliphatic heterocycles. The predicted octanol–water partition coefficient (Wildman–Crippen LogP) is 5.11. The van der Waals surface area contributed by atoms with Crippen molar-refractivity contribution in [1.82, 2.24) is 4.90 Å². The first-order chi connectivity index (χ1) is 14.1. The number of carbonyl (C=O) groups is 1. The topological polar surface area (TPSA) is 63.7 Å². The zero-order chi connectivity index (χ0) is 23.2. The van der Waals surface area contributed by atoms with Crippen molar-refractivity contribution in [2.75, 3.05) is 19.3 Å². The highest BCUT2D eigenvalue weighted by molar-refractivity contribution is 7.90. The zero-order valence-electron chi connectivity index (χ0n) is 17.7. The maximum Gasteiger partial charge on any atom is 0.417 e. The summed E-state index contributed by atoms with van der Waals surface area (Å²) in [5.74, 6) is 0.0799. The molecule has 0 N–H and O–H groups in total. The van der Waals surface area contributed by atoms with Gasteiger partial charge in [0.05, 0.1) is 10.5 Å². The summed E-state index contributed by atoms with van der Waals surface area (Å²) in [6.07, 6.45) is -4.21. The molecule has 0 atom stereocenters. The van der Waals surface area contributed by atoms with Crippen molar-refractivity contribution in [2.45, 2.75) is 43.4 Å². The molecule has 1 saturated heterocycles. The van der Waals surface area contributed by atoms with E-state index in [0.717, 1.165) is 11.8 Å². The number of rotatable bonds is 3. The van der Waals surface area contributed by atoms with E-state index in [-0.39, 0.29) is 22.5 Å². The van der Waals surface area contributed by atoms with Gasteiger partial charge in [-0.15, -0.1) is 0 Å². The molecule has 1 fully saturated rings. The molecular weight excluding hydrogens is 431 g/mol. The first-order valence-corrected chi connectivity index (χ1v) is 11.5. The summed E-state index contributed by atoms with van der Waals surface area (Å²) in [4.78, 5) is 13.2. The summed E-state index contributed by atoms with van der Waals surface area (Å²) in [7, 11) is -3.76. The van der Waals surface area contributed by atoms with Gasteiger partial charge in [0.2, 0.25) is 0 Å². The van der Waals surface area contributed by atoms with Gasteiger partial charge in [0.15, 0.2) is 9.84 Å². The number of halogens is 3. The Morgan fingerprint density at radius 1 is 1.03 bits per heavy atom. The second-order valence-electron chi connectivity index (χ2n) is 8.68. The van der Waals surface area contributed by atoms with E-state index in [2.05, 4.69) is 0 Å². The smallest absolute Gasteiger partial charge is 0.417 e. The number of alkyl halides is 3. The molecular formula is C22H24F3NO4S. The fourth-order valence-corrected chi connectivity index (χ4v) is 3.99. The third-order valence-corrected chi connectivity index (χ3v) is 6.06. The molecule has 1 heterocycles. The lowest BCUT2D eigenvalue weighted by molar-refractivity contribution is -0.137. The van der Waals surface area contributed by atoms with Crippen LogP contribution >= 0.6 is 0 Å². The summed E-state index contributed by atoms with van der Waals surface area (Å²) in [5, 5.41) is 0. The molecule has 0 spiro atoms. The molecule has 0 bridgehead atoms. The first kappa shape index (κ1) is 23.1. The second kappa shape index (κ2) is 7.85. The molecule has 3 rings (SSSR count). The molecule has 0 saturated carbocycles. The number of likely N-dealkylation sites (tertiary alicyclic amines) is 1. The predicted molar refractivity (Wildman–Crippen MR) is 111 cm³/mol. The van der Waals surface area contributed by atoms with E-state index in [0.29, 0.717) is 24.7 Å².